The normalized spacial score (nSPS) is 18.1. The van der Waals surface area contributed by atoms with Crippen LogP contribution in [0.2, 0.25) is 10.0 Å². The van der Waals surface area contributed by atoms with Gasteiger partial charge in [-0.25, -0.2) is 0 Å². The molecule has 0 spiro atoms. The molecule has 0 radical (unpaired) electrons. The summed E-state index contributed by atoms with van der Waals surface area (Å²) < 4.78 is 0.832. The van der Waals surface area contributed by atoms with E-state index in [2.05, 4.69) is 15.9 Å². The highest BCUT2D eigenvalue weighted by Crippen LogP contribution is 2.42. The molecule has 1 aliphatic rings. The molecule has 1 fully saturated rings. The standard InChI is InChI=1S/C19H12BrCl2N3O2S/c20-11-1-4-13(5-2-11)25-18(27)16(28-19(25)14(9-23)17(24)26)8-10-7-12(21)3-6-15(10)22/h1-7,16H,8H2,(H2,24,26). The molecule has 0 bridgehead atoms. The van der Waals surface area contributed by atoms with E-state index < -0.39 is 11.2 Å². The second kappa shape index (κ2) is 8.58. The van der Waals surface area contributed by atoms with Crippen molar-refractivity contribution in [1.82, 2.24) is 0 Å². The summed E-state index contributed by atoms with van der Waals surface area (Å²) in [6.45, 7) is 0. The lowest BCUT2D eigenvalue weighted by Gasteiger charge is -2.18. The number of thioether (sulfide) groups is 1. The van der Waals surface area contributed by atoms with Crippen molar-refractivity contribution in [2.75, 3.05) is 4.90 Å². The van der Waals surface area contributed by atoms with E-state index in [-0.39, 0.29) is 22.9 Å². The average Bonchev–Trinajstić information content (AvgIpc) is 2.95. The quantitative estimate of drug-likeness (QED) is 0.492. The van der Waals surface area contributed by atoms with E-state index in [4.69, 9.17) is 28.9 Å². The Morgan fingerprint density at radius 1 is 1.25 bits per heavy atom. The largest absolute Gasteiger partial charge is 0.365 e. The van der Waals surface area contributed by atoms with Crippen LogP contribution in [-0.4, -0.2) is 17.1 Å². The molecular weight excluding hydrogens is 485 g/mol. The molecule has 28 heavy (non-hydrogen) atoms. The summed E-state index contributed by atoms with van der Waals surface area (Å²) in [5, 5.41) is 10.0. The van der Waals surface area contributed by atoms with E-state index >= 15 is 0 Å². The lowest BCUT2D eigenvalue weighted by atomic mass is 10.1. The van der Waals surface area contributed by atoms with Crippen LogP contribution < -0.4 is 10.6 Å². The number of nitriles is 1. The van der Waals surface area contributed by atoms with Gasteiger partial charge in [-0.15, -0.1) is 0 Å². The molecule has 1 heterocycles. The summed E-state index contributed by atoms with van der Waals surface area (Å²) in [5.74, 6) is -1.16. The molecule has 1 atom stereocenters. The third kappa shape index (κ3) is 4.20. The minimum absolute atomic E-state index is 0.213. The van der Waals surface area contributed by atoms with Gasteiger partial charge in [-0.1, -0.05) is 50.9 Å². The lowest BCUT2D eigenvalue weighted by Crippen LogP contribution is -2.31. The van der Waals surface area contributed by atoms with E-state index in [1.54, 1.807) is 42.5 Å². The van der Waals surface area contributed by atoms with Crippen LogP contribution in [0.3, 0.4) is 0 Å². The molecule has 5 nitrogen and oxygen atoms in total. The van der Waals surface area contributed by atoms with Gasteiger partial charge in [0.1, 0.15) is 16.7 Å². The summed E-state index contributed by atoms with van der Waals surface area (Å²) in [5.41, 5.74) is 6.33. The minimum atomic E-state index is -0.888. The fraction of sp³-hybridized carbons (Fsp3) is 0.105. The first-order valence-corrected chi connectivity index (χ1v) is 10.4. The van der Waals surface area contributed by atoms with Crippen LogP contribution in [0.15, 0.2) is 57.5 Å². The molecule has 2 aromatic carbocycles. The van der Waals surface area contributed by atoms with Crippen molar-refractivity contribution >= 4 is 68.4 Å². The zero-order chi connectivity index (χ0) is 20.4. The summed E-state index contributed by atoms with van der Waals surface area (Å²) in [6, 6.07) is 13.8. The van der Waals surface area contributed by atoms with Crippen LogP contribution in [0.4, 0.5) is 5.69 Å². The number of rotatable bonds is 4. The number of anilines is 1. The van der Waals surface area contributed by atoms with Crippen molar-refractivity contribution < 1.29 is 9.59 Å². The first-order valence-electron chi connectivity index (χ1n) is 7.96. The fourth-order valence-corrected chi connectivity index (χ4v) is 4.68. The number of hydrogen-bond donors (Lipinski definition) is 1. The minimum Gasteiger partial charge on any atom is -0.365 e. The second-order valence-corrected chi connectivity index (χ2v) is 8.80. The molecule has 142 valence electrons. The lowest BCUT2D eigenvalue weighted by molar-refractivity contribution is -0.117. The zero-order valence-electron chi connectivity index (χ0n) is 14.2. The van der Waals surface area contributed by atoms with Gasteiger partial charge in [-0.2, -0.15) is 5.26 Å². The van der Waals surface area contributed by atoms with Crippen LogP contribution in [0.25, 0.3) is 0 Å². The Bertz CT molecular complexity index is 1030. The van der Waals surface area contributed by atoms with Crippen LogP contribution in [0.5, 0.6) is 0 Å². The Hall–Kier alpha value is -1.98. The SMILES string of the molecule is N#CC(C(N)=O)=C1SC(Cc2cc(Cl)ccc2Cl)C(=O)N1c1ccc(Br)cc1. The highest BCUT2D eigenvalue weighted by Gasteiger charge is 2.40. The molecule has 2 amide bonds. The van der Waals surface area contributed by atoms with Gasteiger partial charge in [0, 0.05) is 20.2 Å². The highest BCUT2D eigenvalue weighted by molar-refractivity contribution is 9.10. The fourth-order valence-electron chi connectivity index (χ4n) is 2.72. The summed E-state index contributed by atoms with van der Waals surface area (Å²) >= 11 is 16.7. The maximum absolute atomic E-state index is 13.2. The topological polar surface area (TPSA) is 87.2 Å². The van der Waals surface area contributed by atoms with Gasteiger partial charge < -0.3 is 5.73 Å². The predicted molar refractivity (Wildman–Crippen MR) is 115 cm³/mol. The molecular formula is C19H12BrCl2N3O2S. The monoisotopic (exact) mass is 495 g/mol. The third-order valence-electron chi connectivity index (χ3n) is 4.02. The van der Waals surface area contributed by atoms with Crippen LogP contribution >= 0.6 is 50.9 Å². The number of primary amides is 1. The Balaban J connectivity index is 2.05. The number of nitrogens with zero attached hydrogens (tertiary/aromatic N) is 2. The number of amides is 2. The maximum Gasteiger partial charge on any atom is 0.262 e. The molecule has 0 aliphatic carbocycles. The smallest absolute Gasteiger partial charge is 0.262 e. The number of halogens is 3. The zero-order valence-corrected chi connectivity index (χ0v) is 18.1. The maximum atomic E-state index is 13.2. The first kappa shape index (κ1) is 20.7. The molecule has 0 aromatic heterocycles. The summed E-state index contributed by atoms with van der Waals surface area (Å²) in [6.07, 6.45) is 0.289. The van der Waals surface area contributed by atoms with Gasteiger partial charge in [-0.05, 0) is 54.4 Å². The Labute approximate surface area is 184 Å². The summed E-state index contributed by atoms with van der Waals surface area (Å²) in [4.78, 5) is 26.3. The van der Waals surface area contributed by atoms with Gasteiger partial charge in [0.15, 0.2) is 0 Å². The van der Waals surface area contributed by atoms with Gasteiger partial charge in [0.05, 0.1) is 5.25 Å². The third-order valence-corrected chi connectivity index (χ3v) is 6.42. The Kier molecular flexibility index (Phi) is 6.36. The van der Waals surface area contributed by atoms with Crippen molar-refractivity contribution in [2.24, 2.45) is 5.73 Å². The van der Waals surface area contributed by atoms with Crippen molar-refractivity contribution in [3.8, 4) is 6.07 Å². The number of hydrogen-bond acceptors (Lipinski definition) is 4. The summed E-state index contributed by atoms with van der Waals surface area (Å²) in [7, 11) is 0. The first-order chi connectivity index (χ1) is 13.3. The van der Waals surface area contributed by atoms with E-state index in [0.717, 1.165) is 16.2 Å². The van der Waals surface area contributed by atoms with Gasteiger partial charge in [-0.3, -0.25) is 14.5 Å². The van der Waals surface area contributed by atoms with E-state index in [1.165, 1.54) is 4.90 Å². The molecule has 1 saturated heterocycles. The Morgan fingerprint density at radius 3 is 2.54 bits per heavy atom. The van der Waals surface area contributed by atoms with Gasteiger partial charge in [0.25, 0.3) is 5.91 Å². The average molecular weight is 497 g/mol. The molecule has 1 aliphatic heterocycles. The van der Waals surface area contributed by atoms with Crippen LogP contribution in [0.1, 0.15) is 5.56 Å². The van der Waals surface area contributed by atoms with Crippen LogP contribution in [0, 0.1) is 11.3 Å². The van der Waals surface area contributed by atoms with E-state index in [0.29, 0.717) is 21.3 Å². The number of nitrogens with two attached hydrogens (primary N) is 1. The Morgan fingerprint density at radius 2 is 1.93 bits per heavy atom. The molecule has 9 heteroatoms. The molecule has 0 saturated carbocycles. The van der Waals surface area contributed by atoms with E-state index in [1.807, 2.05) is 6.07 Å². The number of carbonyl (C=O) groups is 2. The predicted octanol–water partition coefficient (Wildman–Crippen LogP) is 4.67. The highest BCUT2D eigenvalue weighted by atomic mass is 79.9. The molecule has 3 rings (SSSR count). The van der Waals surface area contributed by atoms with Crippen molar-refractivity contribution in [1.29, 1.82) is 5.26 Å². The molecule has 2 aromatic rings. The molecule has 2 N–H and O–H groups in total. The molecule has 1 unspecified atom stereocenters. The van der Waals surface area contributed by atoms with Crippen molar-refractivity contribution in [3.63, 3.8) is 0 Å². The number of carbonyl (C=O) groups excluding carboxylic acids is 2. The van der Waals surface area contributed by atoms with Gasteiger partial charge >= 0.3 is 0 Å². The van der Waals surface area contributed by atoms with Gasteiger partial charge in [0.2, 0.25) is 5.91 Å². The van der Waals surface area contributed by atoms with Crippen LogP contribution in [-0.2, 0) is 16.0 Å². The van der Waals surface area contributed by atoms with E-state index in [9.17, 15) is 14.9 Å². The van der Waals surface area contributed by atoms with Crippen molar-refractivity contribution in [2.45, 2.75) is 11.7 Å². The second-order valence-electron chi connectivity index (χ2n) is 5.85. The van der Waals surface area contributed by atoms with Crippen molar-refractivity contribution in [3.05, 3.63) is 73.1 Å². The number of benzene rings is 2.